The predicted molar refractivity (Wildman–Crippen MR) is 114 cm³/mol. The van der Waals surface area contributed by atoms with E-state index in [4.69, 9.17) is 5.11 Å². The molecule has 4 aromatic rings. The molecule has 0 amide bonds. The molecule has 0 aliphatic rings. The molecule has 29 heavy (non-hydrogen) atoms. The number of carboxylic acids is 1. The third-order valence-electron chi connectivity index (χ3n) is 4.70. The molecule has 5 heteroatoms. The van der Waals surface area contributed by atoms with Gasteiger partial charge in [0.05, 0.1) is 22.2 Å². The predicted octanol–water partition coefficient (Wildman–Crippen LogP) is 4.56. The minimum atomic E-state index is -1.01. The zero-order valence-corrected chi connectivity index (χ0v) is 15.7. The van der Waals surface area contributed by atoms with Crippen molar-refractivity contribution in [3.8, 4) is 5.69 Å². The Morgan fingerprint density at radius 2 is 1.62 bits per heavy atom. The topological polar surface area (TPSA) is 72.2 Å². The normalized spacial score (nSPS) is 11.2. The lowest BCUT2D eigenvalue weighted by molar-refractivity contribution is 0.0697. The van der Waals surface area contributed by atoms with Gasteiger partial charge >= 0.3 is 5.97 Å². The second kappa shape index (κ2) is 7.56. The fourth-order valence-corrected chi connectivity index (χ4v) is 3.23. The molecule has 3 aromatic carbocycles. The number of rotatable bonds is 4. The summed E-state index contributed by atoms with van der Waals surface area (Å²) < 4.78 is 1.50. The maximum Gasteiger partial charge on any atom is 0.335 e. The number of aromatic nitrogens is 2. The van der Waals surface area contributed by atoms with Gasteiger partial charge in [-0.1, -0.05) is 48.6 Å². The van der Waals surface area contributed by atoms with Crippen molar-refractivity contribution in [3.63, 3.8) is 0 Å². The molecule has 1 aromatic heterocycles. The average molecular weight is 382 g/mol. The quantitative estimate of drug-likeness (QED) is 0.525. The van der Waals surface area contributed by atoms with Crippen LogP contribution in [0, 0.1) is 6.92 Å². The molecule has 0 fully saturated rings. The molecule has 0 aliphatic heterocycles. The van der Waals surface area contributed by atoms with E-state index >= 15 is 0 Å². The number of hydrogen-bond donors (Lipinski definition) is 1. The van der Waals surface area contributed by atoms with Gasteiger partial charge in [-0.3, -0.25) is 9.36 Å². The summed E-state index contributed by atoms with van der Waals surface area (Å²) in [6.45, 7) is 1.76. The summed E-state index contributed by atoms with van der Waals surface area (Å²) in [6, 6.07) is 21.7. The van der Waals surface area contributed by atoms with Gasteiger partial charge in [-0.25, -0.2) is 9.78 Å². The zero-order valence-electron chi connectivity index (χ0n) is 15.7. The number of fused-ring (bicyclic) bond motifs is 1. The second-order valence-corrected chi connectivity index (χ2v) is 6.67. The number of aryl methyl sites for hydroxylation is 1. The van der Waals surface area contributed by atoms with E-state index in [0.29, 0.717) is 22.4 Å². The van der Waals surface area contributed by atoms with Gasteiger partial charge in [0.15, 0.2) is 0 Å². The summed E-state index contributed by atoms with van der Waals surface area (Å²) in [5, 5.41) is 9.58. The first-order chi connectivity index (χ1) is 14.0. The van der Waals surface area contributed by atoms with Crippen LogP contribution in [-0.4, -0.2) is 20.6 Å². The monoisotopic (exact) mass is 382 g/mol. The number of carboxylic acid groups (broad SMARTS) is 1. The van der Waals surface area contributed by atoms with Crippen LogP contribution in [0.2, 0.25) is 0 Å². The zero-order chi connectivity index (χ0) is 20.4. The number of nitrogens with zero attached hydrogens (tertiary/aromatic N) is 2. The van der Waals surface area contributed by atoms with Gasteiger partial charge in [0, 0.05) is 0 Å². The average Bonchev–Trinajstić information content (AvgIpc) is 2.73. The van der Waals surface area contributed by atoms with Crippen LogP contribution in [0.1, 0.15) is 27.3 Å². The van der Waals surface area contributed by atoms with E-state index in [1.54, 1.807) is 19.1 Å². The van der Waals surface area contributed by atoms with Crippen LogP contribution >= 0.6 is 0 Å². The lowest BCUT2D eigenvalue weighted by atomic mass is 10.1. The molecule has 1 heterocycles. The molecule has 0 radical (unpaired) electrons. The number of hydrogen-bond acceptors (Lipinski definition) is 3. The van der Waals surface area contributed by atoms with Gasteiger partial charge in [0.2, 0.25) is 0 Å². The van der Waals surface area contributed by atoms with E-state index in [-0.39, 0.29) is 11.1 Å². The van der Waals surface area contributed by atoms with Crippen molar-refractivity contribution >= 4 is 29.0 Å². The number of carbonyl (C=O) groups is 1. The first-order valence-electron chi connectivity index (χ1n) is 9.13. The molecule has 4 rings (SSSR count). The summed E-state index contributed by atoms with van der Waals surface area (Å²) in [5.41, 5.74) is 3.16. The highest BCUT2D eigenvalue weighted by atomic mass is 16.4. The number of aromatic carboxylic acids is 1. The third-order valence-corrected chi connectivity index (χ3v) is 4.70. The van der Waals surface area contributed by atoms with Crippen LogP contribution in [-0.2, 0) is 0 Å². The third kappa shape index (κ3) is 3.71. The summed E-state index contributed by atoms with van der Waals surface area (Å²) in [4.78, 5) is 28.8. The van der Waals surface area contributed by atoms with E-state index in [1.807, 2.05) is 60.7 Å². The van der Waals surface area contributed by atoms with Crippen LogP contribution in [0.4, 0.5) is 0 Å². The Labute approximate surface area is 167 Å². The van der Waals surface area contributed by atoms with Crippen LogP contribution in [0.3, 0.4) is 0 Å². The van der Waals surface area contributed by atoms with Crippen molar-refractivity contribution in [1.82, 2.24) is 9.55 Å². The van der Waals surface area contributed by atoms with Crippen LogP contribution in [0.25, 0.3) is 28.7 Å². The van der Waals surface area contributed by atoms with Crippen LogP contribution in [0.5, 0.6) is 0 Å². The fraction of sp³-hybridized carbons (Fsp3) is 0.0417. The first kappa shape index (κ1) is 18.4. The summed E-state index contributed by atoms with van der Waals surface area (Å²) in [6.07, 6.45) is 3.95. The highest BCUT2D eigenvalue weighted by Gasteiger charge is 2.11. The van der Waals surface area contributed by atoms with E-state index in [9.17, 15) is 9.59 Å². The Kier molecular flexibility index (Phi) is 4.79. The van der Waals surface area contributed by atoms with Gasteiger partial charge < -0.3 is 5.11 Å². The lowest BCUT2D eigenvalue weighted by Gasteiger charge is -2.11. The molecule has 0 saturated carbocycles. The second-order valence-electron chi connectivity index (χ2n) is 6.67. The van der Waals surface area contributed by atoms with Crippen molar-refractivity contribution < 1.29 is 9.90 Å². The van der Waals surface area contributed by atoms with Gasteiger partial charge in [0.25, 0.3) is 5.56 Å². The van der Waals surface area contributed by atoms with Gasteiger partial charge in [-0.15, -0.1) is 0 Å². The molecule has 1 N–H and O–H groups in total. The van der Waals surface area contributed by atoms with Crippen LogP contribution in [0.15, 0.2) is 77.6 Å². The van der Waals surface area contributed by atoms with Crippen molar-refractivity contribution in [2.24, 2.45) is 0 Å². The summed E-state index contributed by atoms with van der Waals surface area (Å²) >= 11 is 0. The Morgan fingerprint density at radius 1 is 0.931 bits per heavy atom. The highest BCUT2D eigenvalue weighted by Crippen LogP contribution is 2.17. The maximum atomic E-state index is 13.2. The number of benzene rings is 3. The Bertz CT molecular complexity index is 1290. The molecule has 0 unspecified atom stereocenters. The molecular formula is C24H18N2O3. The molecule has 142 valence electrons. The van der Waals surface area contributed by atoms with Crippen molar-refractivity contribution in [2.45, 2.75) is 6.92 Å². The molecule has 0 bridgehead atoms. The van der Waals surface area contributed by atoms with Gasteiger partial charge in [-0.05, 0) is 54.4 Å². The summed E-state index contributed by atoms with van der Waals surface area (Å²) in [5.74, 6) is -0.467. The lowest BCUT2D eigenvalue weighted by Crippen LogP contribution is -2.22. The summed E-state index contributed by atoms with van der Waals surface area (Å²) in [7, 11) is 0. The molecule has 0 saturated heterocycles. The van der Waals surface area contributed by atoms with Crippen molar-refractivity contribution in [3.05, 3.63) is 106 Å². The Morgan fingerprint density at radius 3 is 2.31 bits per heavy atom. The van der Waals surface area contributed by atoms with Crippen LogP contribution < -0.4 is 5.56 Å². The van der Waals surface area contributed by atoms with Gasteiger partial charge in [-0.2, -0.15) is 0 Å². The molecule has 0 spiro atoms. The fourth-order valence-electron chi connectivity index (χ4n) is 3.23. The van der Waals surface area contributed by atoms with E-state index in [0.717, 1.165) is 11.1 Å². The molecule has 5 nitrogen and oxygen atoms in total. The minimum Gasteiger partial charge on any atom is -0.478 e. The molecule has 0 atom stereocenters. The SMILES string of the molecule is Cc1nc2ccc(/C=C/c3ccccc3)cc2c(=O)n1-c1ccc(C(=O)O)cc1. The highest BCUT2D eigenvalue weighted by molar-refractivity contribution is 5.88. The molecular weight excluding hydrogens is 364 g/mol. The minimum absolute atomic E-state index is 0.168. The largest absolute Gasteiger partial charge is 0.478 e. The van der Waals surface area contributed by atoms with E-state index in [1.165, 1.54) is 16.7 Å². The van der Waals surface area contributed by atoms with E-state index in [2.05, 4.69) is 4.98 Å². The maximum absolute atomic E-state index is 13.2. The standard InChI is InChI=1S/C24H18N2O3/c1-16-25-22-14-9-18(8-7-17-5-3-2-4-6-17)15-21(22)23(27)26(16)20-12-10-19(11-13-20)24(28)29/h2-15H,1H3,(H,28,29)/b8-7+. The van der Waals surface area contributed by atoms with Crippen molar-refractivity contribution in [1.29, 1.82) is 0 Å². The van der Waals surface area contributed by atoms with E-state index < -0.39 is 5.97 Å². The Balaban J connectivity index is 1.79. The van der Waals surface area contributed by atoms with Gasteiger partial charge in [0.1, 0.15) is 5.82 Å². The first-order valence-corrected chi connectivity index (χ1v) is 9.13. The smallest absolute Gasteiger partial charge is 0.335 e. The molecule has 0 aliphatic carbocycles. The van der Waals surface area contributed by atoms with Crippen molar-refractivity contribution in [2.75, 3.05) is 0 Å². The Hall–Kier alpha value is -3.99.